The molecule has 1 N–H and O–H groups in total. The van der Waals surface area contributed by atoms with E-state index in [0.717, 1.165) is 16.1 Å². The van der Waals surface area contributed by atoms with Crippen LogP contribution in [-0.4, -0.2) is 16.1 Å². The summed E-state index contributed by atoms with van der Waals surface area (Å²) in [5, 5.41) is 11.8. The van der Waals surface area contributed by atoms with Crippen molar-refractivity contribution in [1.82, 2.24) is 10.2 Å². The summed E-state index contributed by atoms with van der Waals surface area (Å²) in [5.74, 6) is -0.565. The van der Waals surface area contributed by atoms with Crippen molar-refractivity contribution in [3.63, 3.8) is 0 Å². The smallest absolute Gasteiger partial charge is 0.293 e. The fourth-order valence-electron chi connectivity index (χ4n) is 2.28. The Morgan fingerprint density at radius 3 is 2.64 bits per heavy atom. The largest absolute Gasteiger partial charge is 0.451 e. The van der Waals surface area contributed by atoms with E-state index < -0.39 is 5.91 Å². The highest BCUT2D eigenvalue weighted by molar-refractivity contribution is 7.15. The summed E-state index contributed by atoms with van der Waals surface area (Å²) in [6.45, 7) is 5.54. The lowest BCUT2D eigenvalue weighted by atomic mass is 10.1. The number of carbonyl (C=O) groups is 1. The third-order valence-corrected chi connectivity index (χ3v) is 3.90. The Labute approximate surface area is 129 Å². The van der Waals surface area contributed by atoms with Gasteiger partial charge in [-0.25, -0.2) is 0 Å². The van der Waals surface area contributed by atoms with Crippen LogP contribution in [0.5, 0.6) is 0 Å². The Bertz CT molecular complexity index is 943. The lowest BCUT2D eigenvalue weighted by molar-refractivity contribution is 0.0997. The predicted molar refractivity (Wildman–Crippen MR) is 84.6 cm³/mol. The van der Waals surface area contributed by atoms with Crippen molar-refractivity contribution in [2.24, 2.45) is 0 Å². The molecule has 0 atom stereocenters. The monoisotopic (exact) mass is 315 g/mol. The third-order valence-electron chi connectivity index (χ3n) is 3.14. The van der Waals surface area contributed by atoms with Gasteiger partial charge in [-0.2, -0.15) is 0 Å². The molecule has 6 nitrogen and oxygen atoms in total. The average Bonchev–Trinajstić information content (AvgIpc) is 2.82. The van der Waals surface area contributed by atoms with E-state index in [2.05, 4.69) is 15.5 Å². The fraction of sp³-hybridized carbons (Fsp3) is 0.200. The Morgan fingerprint density at radius 2 is 1.95 bits per heavy atom. The first kappa shape index (κ1) is 14.4. The quantitative estimate of drug-likeness (QED) is 0.786. The van der Waals surface area contributed by atoms with Gasteiger partial charge in [0, 0.05) is 6.07 Å². The number of fused-ring (bicyclic) bond motifs is 1. The van der Waals surface area contributed by atoms with Crippen molar-refractivity contribution in [3.8, 4) is 0 Å². The van der Waals surface area contributed by atoms with Crippen LogP contribution in [-0.2, 0) is 0 Å². The molecule has 1 amide bonds. The molecule has 0 aliphatic carbocycles. The molecule has 0 fully saturated rings. The zero-order valence-corrected chi connectivity index (χ0v) is 13.1. The first-order chi connectivity index (χ1) is 10.4. The van der Waals surface area contributed by atoms with Crippen LogP contribution in [0.25, 0.3) is 11.0 Å². The fourth-order valence-corrected chi connectivity index (χ4v) is 2.87. The first-order valence-electron chi connectivity index (χ1n) is 6.60. The molecule has 0 saturated heterocycles. The molecule has 2 heterocycles. The van der Waals surface area contributed by atoms with Gasteiger partial charge in [-0.3, -0.25) is 14.9 Å². The van der Waals surface area contributed by atoms with Crippen molar-refractivity contribution < 1.29 is 9.21 Å². The molecule has 0 spiro atoms. The minimum Gasteiger partial charge on any atom is -0.451 e. The van der Waals surface area contributed by atoms with Gasteiger partial charge in [-0.15, -0.1) is 10.2 Å². The van der Waals surface area contributed by atoms with E-state index in [4.69, 9.17) is 4.42 Å². The van der Waals surface area contributed by atoms with Gasteiger partial charge in [-0.1, -0.05) is 17.4 Å². The molecule has 1 aromatic carbocycles. The Balaban J connectivity index is 2.04. The number of nitrogens with one attached hydrogen (secondary N) is 1. The third kappa shape index (κ3) is 2.62. The molecule has 0 bridgehead atoms. The Morgan fingerprint density at radius 1 is 1.18 bits per heavy atom. The number of anilines is 1. The summed E-state index contributed by atoms with van der Waals surface area (Å²) in [6.07, 6.45) is 0. The number of benzene rings is 1. The molecular weight excluding hydrogens is 302 g/mol. The number of rotatable bonds is 2. The van der Waals surface area contributed by atoms with Gasteiger partial charge in [0.2, 0.25) is 5.13 Å². The van der Waals surface area contributed by atoms with E-state index >= 15 is 0 Å². The van der Waals surface area contributed by atoms with E-state index in [0.29, 0.717) is 16.1 Å². The number of hydrogen-bond acceptors (Lipinski definition) is 6. The van der Waals surface area contributed by atoms with Crippen LogP contribution in [0.4, 0.5) is 5.13 Å². The van der Waals surface area contributed by atoms with E-state index in [9.17, 15) is 9.59 Å². The molecule has 0 radical (unpaired) electrons. The zero-order chi connectivity index (χ0) is 15.9. The molecular formula is C15H13N3O3S. The van der Waals surface area contributed by atoms with E-state index in [1.165, 1.54) is 17.4 Å². The molecule has 112 valence electrons. The standard InChI is InChI=1S/C15H13N3O3S/c1-7-4-8(2)13-10(19)6-12(21-11(13)5-7)14(20)16-15-18-17-9(3)22-15/h4-6H,1-3H3,(H,16,18,20). The Kier molecular flexibility index (Phi) is 3.50. The number of amides is 1. The topological polar surface area (TPSA) is 85.1 Å². The van der Waals surface area contributed by atoms with Crippen LogP contribution in [0.1, 0.15) is 26.7 Å². The SMILES string of the molecule is Cc1cc(C)c2c(=O)cc(C(=O)Nc3nnc(C)s3)oc2c1. The molecule has 3 rings (SSSR count). The predicted octanol–water partition coefficient (Wildman–Crippen LogP) is 2.82. The minimum atomic E-state index is -0.519. The van der Waals surface area contributed by atoms with Crippen LogP contribution in [0.3, 0.4) is 0 Å². The highest BCUT2D eigenvalue weighted by Crippen LogP contribution is 2.20. The van der Waals surface area contributed by atoms with Crippen molar-refractivity contribution in [3.05, 3.63) is 50.3 Å². The van der Waals surface area contributed by atoms with Crippen LogP contribution >= 0.6 is 11.3 Å². The lowest BCUT2D eigenvalue weighted by Gasteiger charge is -2.05. The summed E-state index contributed by atoms with van der Waals surface area (Å²) in [5.41, 5.74) is 1.96. The number of aryl methyl sites for hydroxylation is 3. The summed E-state index contributed by atoms with van der Waals surface area (Å²) in [6, 6.07) is 4.85. The molecule has 2 aromatic heterocycles. The summed E-state index contributed by atoms with van der Waals surface area (Å²) < 4.78 is 5.59. The lowest BCUT2D eigenvalue weighted by Crippen LogP contribution is -2.15. The van der Waals surface area contributed by atoms with Crippen molar-refractivity contribution in [2.45, 2.75) is 20.8 Å². The van der Waals surface area contributed by atoms with Crippen LogP contribution in [0, 0.1) is 20.8 Å². The van der Waals surface area contributed by atoms with Gasteiger partial charge in [-0.05, 0) is 38.0 Å². The van der Waals surface area contributed by atoms with Gasteiger partial charge in [0.25, 0.3) is 5.91 Å². The van der Waals surface area contributed by atoms with Crippen LogP contribution in [0.2, 0.25) is 0 Å². The average molecular weight is 315 g/mol. The van der Waals surface area contributed by atoms with E-state index in [-0.39, 0.29) is 11.2 Å². The van der Waals surface area contributed by atoms with Crippen molar-refractivity contribution >= 4 is 33.3 Å². The molecule has 0 saturated carbocycles. The number of carbonyl (C=O) groups excluding carboxylic acids is 1. The number of nitrogens with zero attached hydrogens (tertiary/aromatic N) is 2. The van der Waals surface area contributed by atoms with Gasteiger partial charge in [0.15, 0.2) is 11.2 Å². The summed E-state index contributed by atoms with van der Waals surface area (Å²) in [7, 11) is 0. The maximum absolute atomic E-state index is 12.2. The maximum Gasteiger partial charge on any atom is 0.293 e. The number of hydrogen-bond donors (Lipinski definition) is 1. The van der Waals surface area contributed by atoms with Gasteiger partial charge < -0.3 is 4.42 Å². The van der Waals surface area contributed by atoms with Gasteiger partial charge in [0.1, 0.15) is 10.6 Å². The zero-order valence-electron chi connectivity index (χ0n) is 12.3. The summed E-state index contributed by atoms with van der Waals surface area (Å²) >= 11 is 1.25. The Hall–Kier alpha value is -2.54. The highest BCUT2D eigenvalue weighted by Gasteiger charge is 2.15. The van der Waals surface area contributed by atoms with Crippen LogP contribution in [0.15, 0.2) is 27.4 Å². The molecule has 22 heavy (non-hydrogen) atoms. The minimum absolute atomic E-state index is 0.0460. The normalized spacial score (nSPS) is 10.9. The van der Waals surface area contributed by atoms with Crippen molar-refractivity contribution in [2.75, 3.05) is 5.32 Å². The second-order valence-electron chi connectivity index (χ2n) is 5.01. The van der Waals surface area contributed by atoms with Crippen LogP contribution < -0.4 is 10.7 Å². The summed E-state index contributed by atoms with van der Waals surface area (Å²) in [4.78, 5) is 24.4. The maximum atomic E-state index is 12.2. The molecule has 7 heteroatoms. The van der Waals surface area contributed by atoms with Gasteiger partial charge >= 0.3 is 0 Å². The second kappa shape index (κ2) is 5.34. The second-order valence-corrected chi connectivity index (χ2v) is 6.19. The van der Waals surface area contributed by atoms with Gasteiger partial charge in [0.05, 0.1) is 5.39 Å². The molecule has 0 aliphatic heterocycles. The van der Waals surface area contributed by atoms with E-state index in [1.807, 2.05) is 19.9 Å². The van der Waals surface area contributed by atoms with E-state index in [1.54, 1.807) is 13.0 Å². The molecule has 3 aromatic rings. The van der Waals surface area contributed by atoms with Crippen molar-refractivity contribution in [1.29, 1.82) is 0 Å². The number of aromatic nitrogens is 2. The molecule has 0 unspecified atom stereocenters. The first-order valence-corrected chi connectivity index (χ1v) is 7.42. The molecule has 0 aliphatic rings. The highest BCUT2D eigenvalue weighted by atomic mass is 32.1.